The molecule has 1 aliphatic heterocycles. The summed E-state index contributed by atoms with van der Waals surface area (Å²) >= 11 is 0. The first-order valence-electron chi connectivity index (χ1n) is 9.05. The standard InChI is InChI=1S/C19H26N2O6/c1-13(27-12-16-4-2-3-9-26-16)19(25)21-15-7-5-14(6-8-15)10-17(22)20-11-18(23)24/h5-8,13,16H,2-4,9-12H2,1H3,(H,20,22)(H,21,25)(H,23,24). The Bertz CT molecular complexity index is 640. The molecule has 0 radical (unpaired) electrons. The van der Waals surface area contributed by atoms with E-state index in [9.17, 15) is 14.4 Å². The number of anilines is 1. The van der Waals surface area contributed by atoms with Gasteiger partial charge in [-0.1, -0.05) is 12.1 Å². The summed E-state index contributed by atoms with van der Waals surface area (Å²) in [5, 5.41) is 13.6. The third kappa shape index (κ3) is 7.76. The maximum atomic E-state index is 12.2. The van der Waals surface area contributed by atoms with E-state index < -0.39 is 18.6 Å². The molecule has 2 unspecified atom stereocenters. The number of nitrogens with one attached hydrogen (secondary N) is 2. The van der Waals surface area contributed by atoms with E-state index >= 15 is 0 Å². The number of amides is 2. The fraction of sp³-hybridized carbons (Fsp3) is 0.526. The van der Waals surface area contributed by atoms with Gasteiger partial charge in [0.2, 0.25) is 5.91 Å². The summed E-state index contributed by atoms with van der Waals surface area (Å²) in [4.78, 5) is 34.2. The van der Waals surface area contributed by atoms with Crippen molar-refractivity contribution >= 4 is 23.5 Å². The van der Waals surface area contributed by atoms with Gasteiger partial charge in [-0.25, -0.2) is 0 Å². The highest BCUT2D eigenvalue weighted by molar-refractivity contribution is 5.94. The van der Waals surface area contributed by atoms with Crippen LogP contribution >= 0.6 is 0 Å². The number of rotatable bonds is 9. The van der Waals surface area contributed by atoms with Crippen LogP contribution in [0.5, 0.6) is 0 Å². The summed E-state index contributed by atoms with van der Waals surface area (Å²) in [6, 6.07) is 6.79. The van der Waals surface area contributed by atoms with E-state index in [2.05, 4.69) is 10.6 Å². The highest BCUT2D eigenvalue weighted by atomic mass is 16.5. The maximum absolute atomic E-state index is 12.2. The molecule has 2 rings (SSSR count). The van der Waals surface area contributed by atoms with Crippen LogP contribution in [0.2, 0.25) is 0 Å². The van der Waals surface area contributed by atoms with E-state index in [1.807, 2.05) is 0 Å². The molecule has 148 valence electrons. The number of carboxylic acid groups (broad SMARTS) is 1. The third-order valence-electron chi connectivity index (χ3n) is 4.20. The van der Waals surface area contributed by atoms with Gasteiger partial charge in [0.05, 0.1) is 19.1 Å². The molecule has 8 heteroatoms. The van der Waals surface area contributed by atoms with Crippen LogP contribution < -0.4 is 10.6 Å². The third-order valence-corrected chi connectivity index (χ3v) is 4.20. The molecule has 1 aromatic carbocycles. The molecule has 0 saturated carbocycles. The average Bonchev–Trinajstić information content (AvgIpc) is 2.66. The number of carboxylic acids is 1. The lowest BCUT2D eigenvalue weighted by atomic mass is 10.1. The van der Waals surface area contributed by atoms with Gasteiger partial charge in [0, 0.05) is 12.3 Å². The molecule has 1 aromatic rings. The van der Waals surface area contributed by atoms with E-state index in [1.54, 1.807) is 31.2 Å². The Morgan fingerprint density at radius 1 is 1.26 bits per heavy atom. The van der Waals surface area contributed by atoms with Crippen molar-refractivity contribution in [2.45, 2.75) is 44.8 Å². The fourth-order valence-corrected chi connectivity index (χ4v) is 2.64. The van der Waals surface area contributed by atoms with Crippen LogP contribution in [0.4, 0.5) is 5.69 Å². The number of benzene rings is 1. The first kappa shape index (κ1) is 20.9. The van der Waals surface area contributed by atoms with Gasteiger partial charge in [0.1, 0.15) is 12.6 Å². The normalized spacial score (nSPS) is 17.7. The predicted octanol–water partition coefficient (Wildman–Crippen LogP) is 1.34. The molecule has 0 aromatic heterocycles. The lowest BCUT2D eigenvalue weighted by Gasteiger charge is -2.23. The Morgan fingerprint density at radius 2 is 2.00 bits per heavy atom. The van der Waals surface area contributed by atoms with Gasteiger partial charge in [0.15, 0.2) is 0 Å². The van der Waals surface area contributed by atoms with Crippen LogP contribution in [0.3, 0.4) is 0 Å². The van der Waals surface area contributed by atoms with Crippen LogP contribution in [0.15, 0.2) is 24.3 Å². The van der Waals surface area contributed by atoms with E-state index in [0.29, 0.717) is 12.3 Å². The summed E-state index contributed by atoms with van der Waals surface area (Å²) in [6.07, 6.45) is 2.68. The van der Waals surface area contributed by atoms with Crippen molar-refractivity contribution in [3.05, 3.63) is 29.8 Å². The van der Waals surface area contributed by atoms with Gasteiger partial charge in [-0.3, -0.25) is 14.4 Å². The number of aliphatic carboxylic acids is 1. The summed E-state index contributed by atoms with van der Waals surface area (Å²) in [5.41, 5.74) is 1.31. The van der Waals surface area contributed by atoms with Gasteiger partial charge in [-0.15, -0.1) is 0 Å². The number of carbonyl (C=O) groups excluding carboxylic acids is 2. The van der Waals surface area contributed by atoms with Crippen molar-refractivity contribution < 1.29 is 29.0 Å². The molecule has 1 aliphatic rings. The summed E-state index contributed by atoms with van der Waals surface area (Å²) in [7, 11) is 0. The average molecular weight is 378 g/mol. The smallest absolute Gasteiger partial charge is 0.322 e. The molecule has 1 saturated heterocycles. The largest absolute Gasteiger partial charge is 0.480 e. The lowest BCUT2D eigenvalue weighted by Crippen LogP contribution is -2.32. The second-order valence-corrected chi connectivity index (χ2v) is 6.50. The van der Waals surface area contributed by atoms with Gasteiger partial charge in [-0.05, 0) is 43.9 Å². The van der Waals surface area contributed by atoms with Gasteiger partial charge in [-0.2, -0.15) is 0 Å². The van der Waals surface area contributed by atoms with Gasteiger partial charge < -0.3 is 25.2 Å². The zero-order valence-electron chi connectivity index (χ0n) is 15.4. The van der Waals surface area contributed by atoms with Crippen LogP contribution in [0, 0.1) is 0 Å². The Labute approximate surface area is 158 Å². The molecule has 1 heterocycles. The second-order valence-electron chi connectivity index (χ2n) is 6.50. The Kier molecular flexibility index (Phi) is 8.22. The first-order chi connectivity index (χ1) is 12.9. The molecule has 2 amide bonds. The van der Waals surface area contributed by atoms with E-state index in [1.165, 1.54) is 0 Å². The van der Waals surface area contributed by atoms with Crippen molar-refractivity contribution in [3.8, 4) is 0 Å². The zero-order valence-corrected chi connectivity index (χ0v) is 15.4. The molecular formula is C19H26N2O6. The number of hydrogen-bond acceptors (Lipinski definition) is 5. The SMILES string of the molecule is CC(OCC1CCCCO1)C(=O)Nc1ccc(CC(=O)NCC(=O)O)cc1. The fourth-order valence-electron chi connectivity index (χ4n) is 2.64. The van der Waals surface area contributed by atoms with E-state index in [0.717, 1.165) is 31.4 Å². The van der Waals surface area contributed by atoms with Gasteiger partial charge >= 0.3 is 5.97 Å². The Hall–Kier alpha value is -2.45. The van der Waals surface area contributed by atoms with Crippen molar-refractivity contribution in [2.24, 2.45) is 0 Å². The zero-order chi connectivity index (χ0) is 19.6. The van der Waals surface area contributed by atoms with Crippen molar-refractivity contribution in [3.63, 3.8) is 0 Å². The monoisotopic (exact) mass is 378 g/mol. The number of ether oxygens (including phenoxy) is 2. The number of carbonyl (C=O) groups is 3. The highest BCUT2D eigenvalue weighted by Crippen LogP contribution is 2.14. The van der Waals surface area contributed by atoms with Crippen LogP contribution in [-0.4, -0.2) is 54.9 Å². The maximum Gasteiger partial charge on any atom is 0.322 e. The van der Waals surface area contributed by atoms with Crippen molar-refractivity contribution in [1.29, 1.82) is 0 Å². The van der Waals surface area contributed by atoms with Crippen LogP contribution in [0.1, 0.15) is 31.7 Å². The van der Waals surface area contributed by atoms with Crippen LogP contribution in [0.25, 0.3) is 0 Å². The minimum atomic E-state index is -1.09. The van der Waals surface area contributed by atoms with Gasteiger partial charge in [0.25, 0.3) is 5.91 Å². The molecule has 27 heavy (non-hydrogen) atoms. The lowest BCUT2D eigenvalue weighted by molar-refractivity contribution is -0.137. The summed E-state index contributed by atoms with van der Waals surface area (Å²) in [5.74, 6) is -1.72. The second kappa shape index (κ2) is 10.6. The minimum Gasteiger partial charge on any atom is -0.480 e. The Balaban J connectivity index is 1.74. The van der Waals surface area contributed by atoms with Crippen molar-refractivity contribution in [2.75, 3.05) is 25.1 Å². The molecule has 0 spiro atoms. The first-order valence-corrected chi connectivity index (χ1v) is 9.05. The van der Waals surface area contributed by atoms with Crippen molar-refractivity contribution in [1.82, 2.24) is 5.32 Å². The summed E-state index contributed by atoms with van der Waals surface area (Å²) in [6.45, 7) is 2.43. The molecule has 8 nitrogen and oxygen atoms in total. The minimum absolute atomic E-state index is 0.0561. The molecule has 0 aliphatic carbocycles. The highest BCUT2D eigenvalue weighted by Gasteiger charge is 2.19. The Morgan fingerprint density at radius 3 is 2.63 bits per heavy atom. The quantitative estimate of drug-likeness (QED) is 0.598. The summed E-state index contributed by atoms with van der Waals surface area (Å²) < 4.78 is 11.2. The van der Waals surface area contributed by atoms with E-state index in [4.69, 9.17) is 14.6 Å². The topological polar surface area (TPSA) is 114 Å². The number of hydrogen-bond donors (Lipinski definition) is 3. The van der Waals surface area contributed by atoms with Crippen LogP contribution in [-0.2, 0) is 30.3 Å². The molecule has 3 N–H and O–H groups in total. The molecule has 2 atom stereocenters. The molecular weight excluding hydrogens is 352 g/mol. The predicted molar refractivity (Wildman–Crippen MR) is 98.4 cm³/mol. The molecule has 0 bridgehead atoms. The van der Waals surface area contributed by atoms with E-state index in [-0.39, 0.29) is 24.3 Å². The molecule has 1 fully saturated rings.